The van der Waals surface area contributed by atoms with Gasteiger partial charge in [0.25, 0.3) is 0 Å². The number of benzene rings is 2. The normalized spacial score (nSPS) is 19.2. The molecule has 0 radical (unpaired) electrons. The van der Waals surface area contributed by atoms with Crippen molar-refractivity contribution >= 4 is 5.69 Å². The van der Waals surface area contributed by atoms with E-state index in [1.54, 1.807) is 12.1 Å². The lowest BCUT2D eigenvalue weighted by molar-refractivity contribution is 0.280. The summed E-state index contributed by atoms with van der Waals surface area (Å²) in [5, 5.41) is 3.11. The van der Waals surface area contributed by atoms with Crippen molar-refractivity contribution in [3.8, 4) is 28.3 Å². The fourth-order valence-corrected chi connectivity index (χ4v) is 5.13. The number of aromatic nitrogens is 3. The lowest BCUT2D eigenvalue weighted by Gasteiger charge is -2.20. The summed E-state index contributed by atoms with van der Waals surface area (Å²) in [5.74, 6) is 0.628. The third-order valence-corrected chi connectivity index (χ3v) is 6.80. The van der Waals surface area contributed by atoms with Gasteiger partial charge in [-0.15, -0.1) is 0 Å². The predicted molar refractivity (Wildman–Crippen MR) is 126 cm³/mol. The van der Waals surface area contributed by atoms with Crippen LogP contribution in [0.5, 0.6) is 0 Å². The van der Waals surface area contributed by atoms with Gasteiger partial charge in [0.2, 0.25) is 0 Å². The van der Waals surface area contributed by atoms with Crippen LogP contribution in [0, 0.1) is 11.7 Å². The fourth-order valence-electron chi connectivity index (χ4n) is 5.13. The number of hydrogen-bond donors (Lipinski definition) is 1. The zero-order valence-corrected chi connectivity index (χ0v) is 18.4. The SMILES string of the molecule is CNC[C@@H]1CN(c2ccc3c(c2)Cn2cc(-c4ccc(F)cc4)cc2-c2nccn2-3)C[C@@H]1F. The zero-order valence-electron chi connectivity index (χ0n) is 18.4. The molecular formula is C26H25F2N5. The molecule has 168 valence electrons. The minimum atomic E-state index is -0.828. The lowest BCUT2D eigenvalue weighted by Crippen LogP contribution is -2.26. The minimum Gasteiger partial charge on any atom is -0.368 e. The topological polar surface area (TPSA) is 38.0 Å². The van der Waals surface area contributed by atoms with E-state index in [1.165, 1.54) is 12.1 Å². The maximum Gasteiger partial charge on any atom is 0.161 e. The summed E-state index contributed by atoms with van der Waals surface area (Å²) in [6.07, 6.45) is 5.05. The molecule has 0 amide bonds. The van der Waals surface area contributed by atoms with Crippen molar-refractivity contribution in [1.29, 1.82) is 0 Å². The summed E-state index contributed by atoms with van der Waals surface area (Å²) in [6, 6.07) is 15.0. The number of alkyl halides is 1. The van der Waals surface area contributed by atoms with Crippen molar-refractivity contribution in [3.05, 3.63) is 78.5 Å². The van der Waals surface area contributed by atoms with Crippen LogP contribution in [0.15, 0.2) is 67.1 Å². The summed E-state index contributed by atoms with van der Waals surface area (Å²) in [4.78, 5) is 6.78. The Hall–Kier alpha value is -3.45. The Morgan fingerprint density at radius 3 is 2.73 bits per heavy atom. The zero-order chi connectivity index (χ0) is 22.5. The van der Waals surface area contributed by atoms with Crippen LogP contribution in [-0.2, 0) is 6.54 Å². The Balaban J connectivity index is 1.39. The van der Waals surface area contributed by atoms with Gasteiger partial charge < -0.3 is 14.8 Å². The fraction of sp³-hybridized carbons (Fsp3) is 0.269. The molecule has 4 heterocycles. The van der Waals surface area contributed by atoms with Crippen molar-refractivity contribution in [2.24, 2.45) is 5.92 Å². The van der Waals surface area contributed by atoms with Gasteiger partial charge in [0.05, 0.1) is 11.4 Å². The second-order valence-corrected chi connectivity index (χ2v) is 8.92. The highest BCUT2D eigenvalue weighted by Crippen LogP contribution is 2.36. The Bertz CT molecular complexity index is 1310. The summed E-state index contributed by atoms with van der Waals surface area (Å²) in [6.45, 7) is 2.49. The molecule has 5 nitrogen and oxygen atoms in total. The van der Waals surface area contributed by atoms with Gasteiger partial charge >= 0.3 is 0 Å². The van der Waals surface area contributed by atoms with Gasteiger partial charge in [-0.2, -0.15) is 0 Å². The molecule has 1 N–H and O–H groups in total. The second kappa shape index (κ2) is 7.85. The highest BCUT2D eigenvalue weighted by atomic mass is 19.1. The first-order valence-electron chi connectivity index (χ1n) is 11.3. The van der Waals surface area contributed by atoms with Crippen LogP contribution in [0.25, 0.3) is 28.3 Å². The van der Waals surface area contributed by atoms with Crippen LogP contribution in [0.4, 0.5) is 14.5 Å². The number of fused-ring (bicyclic) bond motifs is 5. The van der Waals surface area contributed by atoms with E-state index in [2.05, 4.69) is 54.8 Å². The van der Waals surface area contributed by atoms with Crippen molar-refractivity contribution < 1.29 is 8.78 Å². The first-order valence-corrected chi connectivity index (χ1v) is 11.3. The van der Waals surface area contributed by atoms with Crippen molar-refractivity contribution in [2.45, 2.75) is 12.7 Å². The molecule has 0 saturated carbocycles. The van der Waals surface area contributed by atoms with Crippen molar-refractivity contribution in [1.82, 2.24) is 19.4 Å². The molecule has 0 bridgehead atoms. The number of imidazole rings is 1. The lowest BCUT2D eigenvalue weighted by atomic mass is 10.1. The van der Waals surface area contributed by atoms with E-state index in [-0.39, 0.29) is 11.7 Å². The molecule has 7 heteroatoms. The largest absolute Gasteiger partial charge is 0.368 e. The molecule has 0 spiro atoms. The van der Waals surface area contributed by atoms with E-state index in [1.807, 2.05) is 19.4 Å². The first-order chi connectivity index (χ1) is 16.1. The van der Waals surface area contributed by atoms with Crippen LogP contribution in [0.3, 0.4) is 0 Å². The summed E-state index contributed by atoms with van der Waals surface area (Å²) >= 11 is 0. The molecule has 6 rings (SSSR count). The van der Waals surface area contributed by atoms with Crippen LogP contribution in [0.2, 0.25) is 0 Å². The van der Waals surface area contributed by atoms with E-state index in [9.17, 15) is 8.78 Å². The molecule has 2 aliphatic rings. The summed E-state index contributed by atoms with van der Waals surface area (Å²) in [7, 11) is 1.87. The maximum absolute atomic E-state index is 14.5. The van der Waals surface area contributed by atoms with E-state index >= 15 is 0 Å². The molecule has 4 aromatic rings. The smallest absolute Gasteiger partial charge is 0.161 e. The summed E-state index contributed by atoms with van der Waals surface area (Å²) < 4.78 is 32.2. The van der Waals surface area contributed by atoms with Crippen LogP contribution in [0.1, 0.15) is 5.56 Å². The van der Waals surface area contributed by atoms with E-state index in [0.717, 1.165) is 39.6 Å². The highest BCUT2D eigenvalue weighted by Gasteiger charge is 2.33. The van der Waals surface area contributed by atoms with Gasteiger partial charge in [-0.3, -0.25) is 4.57 Å². The first kappa shape index (κ1) is 20.2. The van der Waals surface area contributed by atoms with Crippen molar-refractivity contribution in [2.75, 3.05) is 31.6 Å². The molecule has 33 heavy (non-hydrogen) atoms. The van der Waals surface area contributed by atoms with Crippen molar-refractivity contribution in [3.63, 3.8) is 0 Å². The average molecular weight is 446 g/mol. The van der Waals surface area contributed by atoms with Gasteiger partial charge in [-0.1, -0.05) is 12.1 Å². The van der Waals surface area contributed by atoms with Crippen LogP contribution < -0.4 is 10.2 Å². The monoisotopic (exact) mass is 445 g/mol. The van der Waals surface area contributed by atoms with E-state index in [4.69, 9.17) is 0 Å². The van der Waals surface area contributed by atoms with Crippen LogP contribution in [-0.4, -0.2) is 47.0 Å². The maximum atomic E-state index is 14.5. The molecule has 0 aliphatic carbocycles. The third-order valence-electron chi connectivity index (χ3n) is 6.80. The van der Waals surface area contributed by atoms with Gasteiger partial charge in [-0.05, 0) is 54.6 Å². The van der Waals surface area contributed by atoms with Gasteiger partial charge in [0.15, 0.2) is 5.82 Å². The number of nitrogens with zero attached hydrogens (tertiary/aromatic N) is 4. The number of hydrogen-bond acceptors (Lipinski definition) is 3. The standard InChI is InChI=1S/C26H25F2N5/c1-29-12-20-15-31(16-23(20)28)22-6-7-24-19(10-22)14-32-13-18(17-2-4-21(27)5-3-17)11-25(32)26-30-8-9-33(24)26/h2-11,13,20,23,29H,12,14-16H2,1H3/t20-,23+/m1/s1. The Morgan fingerprint density at radius 2 is 1.91 bits per heavy atom. The van der Waals surface area contributed by atoms with Gasteiger partial charge in [-0.25, -0.2) is 13.8 Å². The van der Waals surface area contributed by atoms with E-state index in [0.29, 0.717) is 26.2 Å². The highest BCUT2D eigenvalue weighted by molar-refractivity contribution is 5.72. The second-order valence-electron chi connectivity index (χ2n) is 8.92. The summed E-state index contributed by atoms with van der Waals surface area (Å²) in [5.41, 5.74) is 6.28. The molecule has 2 aliphatic heterocycles. The Morgan fingerprint density at radius 1 is 1.06 bits per heavy atom. The number of halogens is 2. The molecule has 2 atom stereocenters. The molecular weight excluding hydrogens is 420 g/mol. The van der Waals surface area contributed by atoms with Gasteiger partial charge in [0, 0.05) is 61.9 Å². The number of anilines is 1. The van der Waals surface area contributed by atoms with Gasteiger partial charge in [0.1, 0.15) is 12.0 Å². The Kier molecular flexibility index (Phi) is 4.80. The Labute approximate surface area is 191 Å². The minimum absolute atomic E-state index is 0.00313. The number of nitrogens with one attached hydrogen (secondary N) is 1. The molecule has 2 aromatic carbocycles. The van der Waals surface area contributed by atoms with Crippen LogP contribution >= 0.6 is 0 Å². The predicted octanol–water partition coefficient (Wildman–Crippen LogP) is 4.50. The average Bonchev–Trinajstić information content (AvgIpc) is 3.52. The molecule has 1 saturated heterocycles. The molecule has 0 unspecified atom stereocenters. The quantitative estimate of drug-likeness (QED) is 0.443. The third kappa shape index (κ3) is 3.43. The molecule has 2 aromatic heterocycles. The number of rotatable bonds is 4. The van der Waals surface area contributed by atoms with E-state index < -0.39 is 6.17 Å². The molecule has 1 fully saturated rings.